The maximum atomic E-state index is 12.7. The average molecular weight is 491 g/mol. The van der Waals surface area contributed by atoms with Crippen LogP contribution in [0, 0.1) is 0 Å². The minimum absolute atomic E-state index is 0.159. The maximum Gasteiger partial charge on any atom is 0.366 e. The quantitative estimate of drug-likeness (QED) is 0.337. The number of nitrogens with one attached hydrogen (secondary N) is 1. The van der Waals surface area contributed by atoms with Crippen LogP contribution < -0.4 is 19.5 Å². The number of anilines is 1. The van der Waals surface area contributed by atoms with Gasteiger partial charge in [0.2, 0.25) is 11.7 Å². The molecule has 34 heavy (non-hydrogen) atoms. The first-order valence-corrected chi connectivity index (χ1v) is 11.3. The fourth-order valence-corrected chi connectivity index (χ4v) is 4.88. The molecule has 0 aliphatic heterocycles. The Morgan fingerprint density at radius 3 is 2.26 bits per heavy atom. The van der Waals surface area contributed by atoms with Crippen molar-refractivity contribution in [2.75, 3.05) is 33.3 Å². The summed E-state index contributed by atoms with van der Waals surface area (Å²) in [6.45, 7) is 3.28. The molecule has 1 aromatic carbocycles. The number of nitrogens with zero attached hydrogens (tertiary/aromatic N) is 1. The lowest BCUT2D eigenvalue weighted by molar-refractivity contribution is -0.114. The number of esters is 1. The molecule has 0 atom stereocenters. The van der Waals surface area contributed by atoms with Crippen LogP contribution in [0.5, 0.6) is 17.2 Å². The first kappa shape index (κ1) is 25.0. The lowest BCUT2D eigenvalue weighted by Gasteiger charge is -2.15. The van der Waals surface area contributed by atoms with Crippen molar-refractivity contribution in [1.82, 2.24) is 0 Å². The molecule has 10 nitrogen and oxygen atoms in total. The second-order valence-electron chi connectivity index (χ2n) is 7.20. The average Bonchev–Trinajstić information content (AvgIpc) is 3.19. The number of hydrogen-bond donors (Lipinski definition) is 1. The van der Waals surface area contributed by atoms with E-state index in [1.54, 1.807) is 6.92 Å². The minimum Gasteiger partial charge on any atom is -0.493 e. The van der Waals surface area contributed by atoms with Crippen molar-refractivity contribution in [3.05, 3.63) is 33.7 Å². The Morgan fingerprint density at radius 2 is 1.71 bits per heavy atom. The summed E-state index contributed by atoms with van der Waals surface area (Å²) in [6.07, 6.45) is 1.84. The van der Waals surface area contributed by atoms with E-state index in [1.807, 2.05) is 0 Å². The van der Waals surface area contributed by atoms with Gasteiger partial charge in [-0.3, -0.25) is 4.79 Å². The minimum atomic E-state index is -0.719. The summed E-state index contributed by atoms with van der Waals surface area (Å²) in [6, 6.07) is 2.93. The molecule has 182 valence electrons. The predicted octanol–water partition coefficient (Wildman–Crippen LogP) is 3.81. The molecule has 0 unspecified atom stereocenters. The SMILES string of the molecule is CCOC(=O)c1c(NC(C)=O)sc2c1CCC/C2=N/OC(=O)c1cc(OC)c(OC)c(OC)c1. The largest absolute Gasteiger partial charge is 0.493 e. The number of ether oxygens (including phenoxy) is 4. The topological polar surface area (TPSA) is 122 Å². The fraction of sp³-hybridized carbons (Fsp3) is 0.391. The van der Waals surface area contributed by atoms with Crippen LogP contribution in [-0.4, -0.2) is 51.5 Å². The summed E-state index contributed by atoms with van der Waals surface area (Å²) in [5.41, 5.74) is 1.71. The zero-order chi connectivity index (χ0) is 24.8. The van der Waals surface area contributed by atoms with E-state index in [4.69, 9.17) is 23.8 Å². The van der Waals surface area contributed by atoms with E-state index in [1.165, 1.54) is 51.7 Å². The first-order chi connectivity index (χ1) is 16.3. The van der Waals surface area contributed by atoms with Crippen molar-refractivity contribution in [3.63, 3.8) is 0 Å². The lowest BCUT2D eigenvalue weighted by Crippen LogP contribution is -2.16. The Kier molecular flexibility index (Phi) is 8.11. The van der Waals surface area contributed by atoms with Gasteiger partial charge >= 0.3 is 11.9 Å². The van der Waals surface area contributed by atoms with E-state index >= 15 is 0 Å². The number of hydrogen-bond acceptors (Lipinski definition) is 10. The van der Waals surface area contributed by atoms with Crippen LogP contribution in [0.2, 0.25) is 0 Å². The van der Waals surface area contributed by atoms with Crippen LogP contribution in [0.25, 0.3) is 0 Å². The van der Waals surface area contributed by atoms with E-state index in [0.717, 1.165) is 5.56 Å². The monoisotopic (exact) mass is 490 g/mol. The van der Waals surface area contributed by atoms with Gasteiger partial charge in [0.1, 0.15) is 5.00 Å². The van der Waals surface area contributed by atoms with Gasteiger partial charge in [-0.15, -0.1) is 11.3 Å². The van der Waals surface area contributed by atoms with Gasteiger partial charge in [-0.25, -0.2) is 9.59 Å². The second kappa shape index (κ2) is 11.0. The number of benzene rings is 1. The van der Waals surface area contributed by atoms with Crippen LogP contribution >= 0.6 is 11.3 Å². The number of oxime groups is 1. The molecule has 0 radical (unpaired) electrons. The summed E-state index contributed by atoms with van der Waals surface area (Å²) in [7, 11) is 4.35. The van der Waals surface area contributed by atoms with Crippen LogP contribution in [0.3, 0.4) is 0 Å². The number of amides is 1. The summed E-state index contributed by atoms with van der Waals surface area (Å²) < 4.78 is 21.0. The van der Waals surface area contributed by atoms with Gasteiger partial charge in [0.25, 0.3) is 0 Å². The Bertz CT molecular complexity index is 1110. The molecule has 2 aromatic rings. The third-order valence-corrected chi connectivity index (χ3v) is 6.21. The van der Waals surface area contributed by atoms with Crippen molar-refractivity contribution >= 4 is 39.9 Å². The third-order valence-electron chi connectivity index (χ3n) is 5.02. The summed E-state index contributed by atoms with van der Waals surface area (Å²) in [5, 5.41) is 7.18. The van der Waals surface area contributed by atoms with E-state index in [2.05, 4.69) is 10.5 Å². The summed E-state index contributed by atoms with van der Waals surface area (Å²) in [4.78, 5) is 42.9. The number of carbonyl (C=O) groups is 3. The molecule has 1 aliphatic carbocycles. The molecule has 1 amide bonds. The summed E-state index contributed by atoms with van der Waals surface area (Å²) >= 11 is 1.21. The molecular formula is C23H26N2O8S. The zero-order valence-corrected chi connectivity index (χ0v) is 20.4. The van der Waals surface area contributed by atoms with Gasteiger partial charge in [0.15, 0.2) is 11.5 Å². The molecule has 0 saturated carbocycles. The highest BCUT2D eigenvalue weighted by atomic mass is 32.1. The van der Waals surface area contributed by atoms with E-state index in [0.29, 0.717) is 57.7 Å². The third kappa shape index (κ3) is 5.14. The van der Waals surface area contributed by atoms with Gasteiger partial charge in [-0.2, -0.15) is 0 Å². The Labute approximate surface area is 200 Å². The van der Waals surface area contributed by atoms with Gasteiger partial charge in [0, 0.05) is 6.92 Å². The molecule has 1 N–H and O–H groups in total. The molecule has 1 heterocycles. The van der Waals surface area contributed by atoms with Crippen LogP contribution in [0.15, 0.2) is 17.3 Å². The molecule has 11 heteroatoms. The van der Waals surface area contributed by atoms with Crippen LogP contribution in [0.4, 0.5) is 5.00 Å². The number of thiophene rings is 1. The normalized spacial score (nSPS) is 13.6. The fourth-order valence-electron chi connectivity index (χ4n) is 3.59. The molecule has 0 bridgehead atoms. The Morgan fingerprint density at radius 1 is 1.03 bits per heavy atom. The standard InChI is InChI=1S/C23H26N2O8S/c1-6-32-23(28)18-14-8-7-9-15(20(14)34-21(18)24-12(2)26)25-33-22(27)13-10-16(29-3)19(31-5)17(11-13)30-4/h10-11H,6-9H2,1-5H3,(H,24,26)/b25-15-. The van der Waals surface area contributed by atoms with Gasteiger partial charge in [-0.1, -0.05) is 5.16 Å². The number of methoxy groups -OCH3 is 3. The highest BCUT2D eigenvalue weighted by Gasteiger charge is 2.30. The van der Waals surface area contributed by atoms with Crippen molar-refractivity contribution in [3.8, 4) is 17.2 Å². The van der Waals surface area contributed by atoms with E-state index in [-0.39, 0.29) is 18.1 Å². The Hall–Kier alpha value is -3.60. The molecule has 0 spiro atoms. The van der Waals surface area contributed by atoms with Crippen molar-refractivity contribution < 1.29 is 38.2 Å². The lowest BCUT2D eigenvalue weighted by atomic mass is 9.94. The molecule has 0 saturated heterocycles. The second-order valence-corrected chi connectivity index (χ2v) is 8.22. The maximum absolute atomic E-state index is 12.7. The molecule has 1 aliphatic rings. The molecule has 0 fully saturated rings. The van der Waals surface area contributed by atoms with Crippen LogP contribution in [0.1, 0.15) is 57.8 Å². The van der Waals surface area contributed by atoms with Gasteiger partial charge in [-0.05, 0) is 43.9 Å². The van der Waals surface area contributed by atoms with Crippen molar-refractivity contribution in [2.45, 2.75) is 33.1 Å². The molecular weight excluding hydrogens is 464 g/mol. The predicted molar refractivity (Wildman–Crippen MR) is 126 cm³/mol. The van der Waals surface area contributed by atoms with E-state index in [9.17, 15) is 14.4 Å². The molecule has 1 aromatic heterocycles. The van der Waals surface area contributed by atoms with Crippen molar-refractivity contribution in [1.29, 1.82) is 0 Å². The highest BCUT2D eigenvalue weighted by Crippen LogP contribution is 2.40. The van der Waals surface area contributed by atoms with Gasteiger partial charge < -0.3 is 29.1 Å². The highest BCUT2D eigenvalue weighted by molar-refractivity contribution is 7.19. The van der Waals surface area contributed by atoms with Crippen LogP contribution in [-0.2, 0) is 20.8 Å². The van der Waals surface area contributed by atoms with Gasteiger partial charge in [0.05, 0.1) is 49.7 Å². The number of carbonyl (C=O) groups excluding carboxylic acids is 3. The zero-order valence-electron chi connectivity index (χ0n) is 19.6. The van der Waals surface area contributed by atoms with E-state index < -0.39 is 11.9 Å². The number of rotatable bonds is 8. The number of fused-ring (bicyclic) bond motifs is 1. The first-order valence-electron chi connectivity index (χ1n) is 10.5. The Balaban J connectivity index is 1.94. The smallest absolute Gasteiger partial charge is 0.366 e. The van der Waals surface area contributed by atoms with Crippen molar-refractivity contribution in [2.24, 2.45) is 5.16 Å². The summed E-state index contributed by atoms with van der Waals surface area (Å²) in [5.74, 6) is -0.586. The molecule has 3 rings (SSSR count).